The molecule has 1 aromatic heterocycles. The molecule has 0 saturated carbocycles. The minimum absolute atomic E-state index is 0.142. The van der Waals surface area contributed by atoms with E-state index in [1.54, 1.807) is 43.3 Å². The van der Waals surface area contributed by atoms with Crippen molar-refractivity contribution in [1.29, 1.82) is 0 Å². The van der Waals surface area contributed by atoms with Gasteiger partial charge in [-0.15, -0.1) is 0 Å². The van der Waals surface area contributed by atoms with Crippen molar-refractivity contribution in [3.8, 4) is 5.75 Å². The fourth-order valence-corrected chi connectivity index (χ4v) is 2.43. The quantitative estimate of drug-likeness (QED) is 0.551. The maximum absolute atomic E-state index is 12.5. The molecule has 3 aromatic rings. The summed E-state index contributed by atoms with van der Waals surface area (Å²) in [6.07, 6.45) is 0. The van der Waals surface area contributed by atoms with Gasteiger partial charge in [-0.1, -0.05) is 30.3 Å². The van der Waals surface area contributed by atoms with Crippen molar-refractivity contribution >= 4 is 16.7 Å². The molecule has 5 heteroatoms. The predicted molar refractivity (Wildman–Crippen MR) is 87.8 cm³/mol. The highest BCUT2D eigenvalue weighted by atomic mass is 16.5. The van der Waals surface area contributed by atoms with E-state index < -0.39 is 5.97 Å². The molecule has 5 nitrogen and oxygen atoms in total. The van der Waals surface area contributed by atoms with Crippen molar-refractivity contribution in [3.05, 3.63) is 70.1 Å². The van der Waals surface area contributed by atoms with Crippen LogP contribution in [0.5, 0.6) is 5.75 Å². The second-order valence-electron chi connectivity index (χ2n) is 5.22. The van der Waals surface area contributed by atoms with Crippen LogP contribution in [0.2, 0.25) is 0 Å². The summed E-state index contributed by atoms with van der Waals surface area (Å²) in [5, 5.41) is 5.13. The van der Waals surface area contributed by atoms with Crippen molar-refractivity contribution in [2.45, 2.75) is 20.4 Å². The smallest absolute Gasteiger partial charge is 0.364 e. The van der Waals surface area contributed by atoms with Gasteiger partial charge in [-0.25, -0.2) is 9.48 Å². The summed E-state index contributed by atoms with van der Waals surface area (Å²) in [5.41, 5.74) is 0.922. The van der Waals surface area contributed by atoms with Crippen molar-refractivity contribution in [1.82, 2.24) is 9.78 Å². The van der Waals surface area contributed by atoms with Crippen LogP contribution in [-0.2, 0) is 6.54 Å². The predicted octanol–water partition coefficient (Wildman–Crippen LogP) is 2.94. The van der Waals surface area contributed by atoms with Crippen LogP contribution < -0.4 is 10.3 Å². The summed E-state index contributed by atoms with van der Waals surface area (Å²) in [6.45, 7) is 4.11. The third-order valence-electron chi connectivity index (χ3n) is 3.56. The van der Waals surface area contributed by atoms with Crippen LogP contribution in [0.25, 0.3) is 10.8 Å². The Balaban J connectivity index is 2.10. The molecule has 0 saturated heterocycles. The van der Waals surface area contributed by atoms with Gasteiger partial charge in [0.1, 0.15) is 5.75 Å². The number of hydrogen-bond acceptors (Lipinski definition) is 4. The molecule has 0 spiro atoms. The van der Waals surface area contributed by atoms with E-state index in [0.29, 0.717) is 23.1 Å². The summed E-state index contributed by atoms with van der Waals surface area (Å²) in [7, 11) is 0. The number of nitrogens with zero attached hydrogens (tertiary/aromatic N) is 2. The molecule has 0 aliphatic heterocycles. The van der Waals surface area contributed by atoms with Crippen LogP contribution in [0.1, 0.15) is 23.0 Å². The number of esters is 1. The first-order valence-electron chi connectivity index (χ1n) is 7.39. The van der Waals surface area contributed by atoms with Crippen LogP contribution >= 0.6 is 0 Å². The maximum atomic E-state index is 12.5. The first-order chi connectivity index (χ1) is 11.1. The fourth-order valence-electron chi connectivity index (χ4n) is 2.43. The minimum Gasteiger partial charge on any atom is -0.422 e. The van der Waals surface area contributed by atoms with E-state index in [9.17, 15) is 9.59 Å². The number of rotatable bonds is 3. The molecule has 0 N–H and O–H groups in total. The molecule has 116 valence electrons. The van der Waals surface area contributed by atoms with Gasteiger partial charge in [0.25, 0.3) is 5.56 Å². The second-order valence-corrected chi connectivity index (χ2v) is 5.22. The van der Waals surface area contributed by atoms with E-state index in [2.05, 4.69) is 5.10 Å². The van der Waals surface area contributed by atoms with E-state index in [-0.39, 0.29) is 11.3 Å². The highest BCUT2D eigenvalue weighted by Gasteiger charge is 2.18. The number of benzene rings is 2. The molecule has 0 atom stereocenters. The average molecular weight is 308 g/mol. The molecule has 0 radical (unpaired) electrons. The van der Waals surface area contributed by atoms with Gasteiger partial charge in [-0.05, 0) is 37.6 Å². The zero-order valence-corrected chi connectivity index (χ0v) is 12.9. The number of hydrogen-bond donors (Lipinski definition) is 0. The van der Waals surface area contributed by atoms with E-state index in [4.69, 9.17) is 4.74 Å². The van der Waals surface area contributed by atoms with Crippen molar-refractivity contribution in [3.63, 3.8) is 0 Å². The second kappa shape index (κ2) is 6.04. The third-order valence-corrected chi connectivity index (χ3v) is 3.56. The van der Waals surface area contributed by atoms with Gasteiger partial charge in [-0.3, -0.25) is 4.79 Å². The van der Waals surface area contributed by atoms with Gasteiger partial charge in [-0.2, -0.15) is 5.10 Å². The number of fused-ring (bicyclic) bond motifs is 1. The molecular formula is C18H16N2O3. The summed E-state index contributed by atoms with van der Waals surface area (Å²) in [5.74, 6) is -0.121. The zero-order valence-electron chi connectivity index (χ0n) is 12.9. The summed E-state index contributed by atoms with van der Waals surface area (Å²) >= 11 is 0. The Morgan fingerprint density at radius 1 is 1.13 bits per heavy atom. The van der Waals surface area contributed by atoms with E-state index in [1.165, 1.54) is 4.68 Å². The Morgan fingerprint density at radius 3 is 2.57 bits per heavy atom. The molecule has 23 heavy (non-hydrogen) atoms. The molecule has 0 fully saturated rings. The maximum Gasteiger partial charge on any atom is 0.364 e. The van der Waals surface area contributed by atoms with Crippen LogP contribution in [0.3, 0.4) is 0 Å². The lowest BCUT2D eigenvalue weighted by Crippen LogP contribution is -2.26. The van der Waals surface area contributed by atoms with Gasteiger partial charge in [0.2, 0.25) is 0 Å². The fraction of sp³-hybridized carbons (Fsp3) is 0.167. The van der Waals surface area contributed by atoms with E-state index in [0.717, 1.165) is 5.56 Å². The number of carbonyl (C=O) groups is 1. The van der Waals surface area contributed by atoms with Crippen LogP contribution in [0.15, 0.2) is 53.3 Å². The molecule has 1 heterocycles. The van der Waals surface area contributed by atoms with Gasteiger partial charge in [0.15, 0.2) is 5.69 Å². The molecule has 2 aromatic carbocycles. The van der Waals surface area contributed by atoms with E-state index in [1.807, 2.05) is 19.1 Å². The van der Waals surface area contributed by atoms with Crippen molar-refractivity contribution in [2.75, 3.05) is 0 Å². The highest BCUT2D eigenvalue weighted by Crippen LogP contribution is 2.18. The van der Waals surface area contributed by atoms with E-state index >= 15 is 0 Å². The monoisotopic (exact) mass is 308 g/mol. The van der Waals surface area contributed by atoms with Crippen LogP contribution in [0.4, 0.5) is 0 Å². The Kier molecular flexibility index (Phi) is 3.93. The summed E-state index contributed by atoms with van der Waals surface area (Å²) in [4.78, 5) is 24.8. The first-order valence-corrected chi connectivity index (χ1v) is 7.39. The molecule has 3 rings (SSSR count). The molecule has 0 aliphatic rings. The number of aromatic nitrogens is 2. The van der Waals surface area contributed by atoms with Crippen LogP contribution in [0, 0.1) is 6.92 Å². The Bertz CT molecular complexity index is 944. The first kappa shape index (κ1) is 15.0. The lowest BCUT2D eigenvalue weighted by Gasteiger charge is -2.09. The largest absolute Gasteiger partial charge is 0.422 e. The van der Waals surface area contributed by atoms with Gasteiger partial charge in [0.05, 0.1) is 5.39 Å². The number of carbonyl (C=O) groups excluding carboxylic acids is 1. The topological polar surface area (TPSA) is 61.2 Å². The summed E-state index contributed by atoms with van der Waals surface area (Å²) < 4.78 is 6.68. The zero-order chi connectivity index (χ0) is 16.4. The molecule has 0 aliphatic carbocycles. The Morgan fingerprint density at radius 2 is 1.87 bits per heavy atom. The molecule has 0 bridgehead atoms. The normalized spacial score (nSPS) is 10.7. The Hall–Kier alpha value is -2.95. The third kappa shape index (κ3) is 2.85. The lowest BCUT2D eigenvalue weighted by molar-refractivity contribution is 0.0728. The van der Waals surface area contributed by atoms with Crippen molar-refractivity contribution < 1.29 is 9.53 Å². The standard InChI is InChI=1S/C18H16N2O3/c1-3-20-17(21)15-10-5-4-9-14(15)16(19-20)18(22)23-13-8-6-7-12(2)11-13/h4-11H,3H2,1-2H3. The number of ether oxygens (including phenoxy) is 1. The molecule has 0 unspecified atom stereocenters. The SMILES string of the molecule is CCn1nc(C(=O)Oc2cccc(C)c2)c2ccccc2c1=O. The molecule has 0 amide bonds. The molecular weight excluding hydrogens is 292 g/mol. The minimum atomic E-state index is -0.575. The average Bonchev–Trinajstić information content (AvgIpc) is 2.55. The van der Waals surface area contributed by atoms with Gasteiger partial charge < -0.3 is 4.74 Å². The van der Waals surface area contributed by atoms with Gasteiger partial charge in [0, 0.05) is 11.9 Å². The van der Waals surface area contributed by atoms with Gasteiger partial charge >= 0.3 is 5.97 Å². The summed E-state index contributed by atoms with van der Waals surface area (Å²) in [6, 6.07) is 14.1. The van der Waals surface area contributed by atoms with Crippen LogP contribution in [-0.4, -0.2) is 15.7 Å². The highest BCUT2D eigenvalue weighted by molar-refractivity contribution is 6.02. The Labute approximate surface area is 133 Å². The number of aryl methyl sites for hydroxylation is 2. The lowest BCUT2D eigenvalue weighted by atomic mass is 10.1. The van der Waals surface area contributed by atoms with Crippen molar-refractivity contribution in [2.24, 2.45) is 0 Å².